The van der Waals surface area contributed by atoms with Gasteiger partial charge < -0.3 is 9.67 Å². The van der Waals surface area contributed by atoms with Gasteiger partial charge in [-0.3, -0.25) is 9.78 Å². The molecule has 0 saturated carbocycles. The molecule has 0 aliphatic rings. The Bertz CT molecular complexity index is 1110. The Balaban J connectivity index is 1.67. The van der Waals surface area contributed by atoms with Crippen LogP contribution >= 0.6 is 11.3 Å². The van der Waals surface area contributed by atoms with Gasteiger partial charge in [-0.25, -0.2) is 4.98 Å². The first kappa shape index (κ1) is 16.6. The number of H-pyrrole nitrogens is 1. The van der Waals surface area contributed by atoms with Crippen molar-refractivity contribution in [3.05, 3.63) is 69.6 Å². The highest BCUT2D eigenvalue weighted by atomic mass is 32.1. The van der Waals surface area contributed by atoms with Crippen LogP contribution in [0.4, 0.5) is 0 Å². The summed E-state index contributed by atoms with van der Waals surface area (Å²) in [5.41, 5.74) is 4.15. The second kappa shape index (κ2) is 6.80. The summed E-state index contributed by atoms with van der Waals surface area (Å²) in [5, 5.41) is 9.82. The van der Waals surface area contributed by atoms with Gasteiger partial charge in [-0.15, -0.1) is 0 Å². The molecule has 0 spiro atoms. The fourth-order valence-electron chi connectivity index (χ4n) is 3.18. The average molecular weight is 365 g/mol. The molecule has 6 heteroatoms. The fraction of sp³-hybridized carbons (Fsp3) is 0.200. The van der Waals surface area contributed by atoms with Crippen LogP contribution < -0.4 is 4.87 Å². The number of aromatic amines is 1. The monoisotopic (exact) mass is 365 g/mol. The average Bonchev–Trinajstić information content (AvgIpc) is 3.16. The maximum Gasteiger partial charge on any atom is 0.307 e. The van der Waals surface area contributed by atoms with Crippen molar-refractivity contribution >= 4 is 22.4 Å². The number of fused-ring (bicyclic) bond motifs is 1. The molecule has 4 rings (SSSR count). The molecule has 0 amide bonds. The minimum atomic E-state index is -0.254. The third kappa shape index (κ3) is 3.04. The van der Waals surface area contributed by atoms with E-state index in [9.17, 15) is 9.90 Å². The third-order valence-corrected chi connectivity index (χ3v) is 5.31. The molecular weight excluding hydrogens is 346 g/mol. The summed E-state index contributed by atoms with van der Waals surface area (Å²) < 4.78 is 2.26. The van der Waals surface area contributed by atoms with Gasteiger partial charge in [-0.1, -0.05) is 54.7 Å². The summed E-state index contributed by atoms with van der Waals surface area (Å²) in [4.78, 5) is 18.9. The maximum absolute atomic E-state index is 11.4. The number of rotatable bonds is 5. The van der Waals surface area contributed by atoms with Gasteiger partial charge in [0.25, 0.3) is 0 Å². The van der Waals surface area contributed by atoms with Gasteiger partial charge in [0.05, 0.1) is 15.9 Å². The van der Waals surface area contributed by atoms with Crippen LogP contribution in [0.2, 0.25) is 0 Å². The van der Waals surface area contributed by atoms with Crippen LogP contribution in [0, 0.1) is 0 Å². The summed E-state index contributed by atoms with van der Waals surface area (Å²) in [6.45, 7) is 2.90. The van der Waals surface area contributed by atoms with Crippen molar-refractivity contribution in [2.24, 2.45) is 0 Å². The number of imidazole rings is 1. The lowest BCUT2D eigenvalue weighted by atomic mass is 10.1. The number of aromatic nitrogens is 3. The zero-order valence-corrected chi connectivity index (χ0v) is 15.2. The highest BCUT2D eigenvalue weighted by Crippen LogP contribution is 2.30. The molecule has 0 aliphatic heterocycles. The Morgan fingerprint density at radius 2 is 1.92 bits per heavy atom. The zero-order chi connectivity index (χ0) is 18.1. The van der Waals surface area contributed by atoms with Gasteiger partial charge in [-0.05, 0) is 29.7 Å². The van der Waals surface area contributed by atoms with Crippen LogP contribution in [0.1, 0.15) is 24.7 Å². The standard InChI is InChI=1S/C20H19N3O2S/c1-2-5-17-21-15-6-3-4-7-16(15)23(17)12-13-8-10-14(11-9-13)18-19(24)22-20(25)26-18/h3-4,6-11,24H,2,5,12H2,1H3,(H,22,25). The smallest absolute Gasteiger partial charge is 0.307 e. The lowest BCUT2D eigenvalue weighted by molar-refractivity contribution is 0.458. The van der Waals surface area contributed by atoms with E-state index in [-0.39, 0.29) is 10.8 Å². The first-order valence-electron chi connectivity index (χ1n) is 8.61. The van der Waals surface area contributed by atoms with Gasteiger partial charge in [0.15, 0.2) is 0 Å². The predicted molar refractivity (Wildman–Crippen MR) is 105 cm³/mol. The van der Waals surface area contributed by atoms with Crippen LogP contribution in [-0.4, -0.2) is 19.6 Å². The Hall–Kier alpha value is -2.86. The number of benzene rings is 2. The van der Waals surface area contributed by atoms with E-state index in [0.29, 0.717) is 4.88 Å². The fourth-order valence-corrected chi connectivity index (χ4v) is 3.91. The van der Waals surface area contributed by atoms with Gasteiger partial charge in [-0.2, -0.15) is 0 Å². The molecule has 132 valence electrons. The van der Waals surface area contributed by atoms with Crippen molar-refractivity contribution in [2.75, 3.05) is 0 Å². The molecule has 0 bridgehead atoms. The third-order valence-electron chi connectivity index (χ3n) is 4.39. The van der Waals surface area contributed by atoms with Gasteiger partial charge >= 0.3 is 4.87 Å². The molecule has 0 unspecified atom stereocenters. The molecule has 5 nitrogen and oxygen atoms in total. The van der Waals surface area contributed by atoms with Gasteiger partial charge in [0.2, 0.25) is 5.88 Å². The van der Waals surface area contributed by atoms with E-state index >= 15 is 0 Å². The molecule has 2 aromatic carbocycles. The summed E-state index contributed by atoms with van der Waals surface area (Å²) in [7, 11) is 0. The number of aryl methyl sites for hydroxylation is 1. The Morgan fingerprint density at radius 3 is 2.62 bits per heavy atom. The first-order chi connectivity index (χ1) is 12.7. The van der Waals surface area contributed by atoms with Crippen LogP contribution in [0.5, 0.6) is 5.88 Å². The van der Waals surface area contributed by atoms with Gasteiger partial charge in [0, 0.05) is 13.0 Å². The molecular formula is C20H19N3O2S. The number of nitrogens with one attached hydrogen (secondary N) is 1. The van der Waals surface area contributed by atoms with Crippen molar-refractivity contribution in [2.45, 2.75) is 26.3 Å². The van der Waals surface area contributed by atoms with Crippen molar-refractivity contribution in [1.29, 1.82) is 0 Å². The Labute approximate surface area is 154 Å². The normalized spacial score (nSPS) is 11.3. The molecule has 0 saturated heterocycles. The predicted octanol–water partition coefficient (Wildman–Crippen LogP) is 4.16. The second-order valence-electron chi connectivity index (χ2n) is 6.24. The molecule has 2 heterocycles. The Kier molecular flexibility index (Phi) is 4.34. The number of hydrogen-bond acceptors (Lipinski definition) is 4. The number of hydrogen-bond donors (Lipinski definition) is 2. The van der Waals surface area contributed by atoms with Crippen molar-refractivity contribution < 1.29 is 5.11 Å². The highest BCUT2D eigenvalue weighted by molar-refractivity contribution is 7.13. The molecule has 0 fully saturated rings. The number of nitrogens with zero attached hydrogens (tertiary/aromatic N) is 2. The zero-order valence-electron chi connectivity index (χ0n) is 14.4. The number of para-hydroxylation sites is 2. The largest absolute Gasteiger partial charge is 0.493 e. The van der Waals surface area contributed by atoms with E-state index in [2.05, 4.69) is 22.5 Å². The topological polar surface area (TPSA) is 70.9 Å². The van der Waals surface area contributed by atoms with E-state index in [0.717, 1.165) is 58.7 Å². The van der Waals surface area contributed by atoms with Crippen LogP contribution in [-0.2, 0) is 13.0 Å². The molecule has 2 aromatic heterocycles. The van der Waals surface area contributed by atoms with Crippen molar-refractivity contribution in [3.8, 4) is 16.3 Å². The van der Waals surface area contributed by atoms with E-state index < -0.39 is 0 Å². The SMILES string of the molecule is CCCc1nc2ccccc2n1Cc1ccc(-c2sc(=O)[nH]c2O)cc1. The molecule has 0 aliphatic carbocycles. The minimum absolute atomic E-state index is 0.0708. The quantitative estimate of drug-likeness (QED) is 0.558. The molecule has 2 N–H and O–H groups in total. The highest BCUT2D eigenvalue weighted by Gasteiger charge is 2.12. The van der Waals surface area contributed by atoms with Crippen molar-refractivity contribution in [1.82, 2.24) is 14.5 Å². The molecule has 0 radical (unpaired) electrons. The maximum atomic E-state index is 11.4. The second-order valence-corrected chi connectivity index (χ2v) is 7.23. The minimum Gasteiger partial charge on any atom is -0.493 e. The summed E-state index contributed by atoms with van der Waals surface area (Å²) in [6.07, 6.45) is 1.99. The van der Waals surface area contributed by atoms with Crippen LogP contribution in [0.25, 0.3) is 21.5 Å². The number of aromatic hydroxyl groups is 1. The first-order valence-corrected chi connectivity index (χ1v) is 9.43. The van der Waals surface area contributed by atoms with Gasteiger partial charge in [0.1, 0.15) is 5.82 Å². The van der Waals surface area contributed by atoms with E-state index in [1.807, 2.05) is 42.5 Å². The van der Waals surface area contributed by atoms with E-state index in [1.54, 1.807) is 0 Å². The summed E-state index contributed by atoms with van der Waals surface area (Å²) in [6, 6.07) is 16.1. The van der Waals surface area contributed by atoms with Crippen LogP contribution in [0.3, 0.4) is 0 Å². The summed E-state index contributed by atoms with van der Waals surface area (Å²) in [5.74, 6) is 1.03. The Morgan fingerprint density at radius 1 is 1.15 bits per heavy atom. The molecule has 4 aromatic rings. The van der Waals surface area contributed by atoms with E-state index in [4.69, 9.17) is 4.98 Å². The molecule has 26 heavy (non-hydrogen) atoms. The van der Waals surface area contributed by atoms with Crippen LogP contribution in [0.15, 0.2) is 53.3 Å². The van der Waals surface area contributed by atoms with Crippen molar-refractivity contribution in [3.63, 3.8) is 0 Å². The van der Waals surface area contributed by atoms with E-state index in [1.165, 1.54) is 0 Å². The lowest BCUT2D eigenvalue weighted by Crippen LogP contribution is -2.05. The lowest BCUT2D eigenvalue weighted by Gasteiger charge is -2.09. The number of thiazole rings is 1. The molecule has 0 atom stereocenters. The summed E-state index contributed by atoms with van der Waals surface area (Å²) >= 11 is 1.01.